The van der Waals surface area contributed by atoms with E-state index in [1.54, 1.807) is 36.3 Å². The number of methoxy groups -OCH3 is 1. The summed E-state index contributed by atoms with van der Waals surface area (Å²) in [5, 5.41) is 0. The lowest BCUT2D eigenvalue weighted by molar-refractivity contribution is -0.120. The lowest BCUT2D eigenvalue weighted by Gasteiger charge is -2.29. The highest BCUT2D eigenvalue weighted by Gasteiger charge is 2.30. The van der Waals surface area contributed by atoms with E-state index in [4.69, 9.17) is 10.5 Å². The van der Waals surface area contributed by atoms with Gasteiger partial charge in [-0.3, -0.25) is 14.5 Å². The molecule has 6 nitrogen and oxygen atoms in total. The predicted octanol–water partition coefficient (Wildman–Crippen LogP) is 2.88. The largest absolute Gasteiger partial charge is 0.495 e. The smallest absolute Gasteiger partial charge is 0.241 e. The number of halogens is 1. The highest BCUT2D eigenvalue weighted by molar-refractivity contribution is 5.96. The van der Waals surface area contributed by atoms with Gasteiger partial charge in [-0.2, -0.15) is 0 Å². The van der Waals surface area contributed by atoms with Crippen LogP contribution in [0.3, 0.4) is 0 Å². The third kappa shape index (κ3) is 5.12. The molecule has 0 saturated carbocycles. The van der Waals surface area contributed by atoms with Crippen molar-refractivity contribution in [2.45, 2.75) is 25.3 Å². The number of hydrogen-bond donors (Lipinski definition) is 1. The summed E-state index contributed by atoms with van der Waals surface area (Å²) < 4.78 is 18.7. The maximum Gasteiger partial charge on any atom is 0.241 e. The maximum atomic E-state index is 13.3. The predicted molar refractivity (Wildman–Crippen MR) is 109 cm³/mol. The highest BCUT2D eigenvalue weighted by atomic mass is 19.1. The van der Waals surface area contributed by atoms with Crippen LogP contribution in [0.1, 0.15) is 30.9 Å². The van der Waals surface area contributed by atoms with Crippen molar-refractivity contribution in [1.29, 1.82) is 0 Å². The molecular weight excluding hydrogens is 373 g/mol. The van der Waals surface area contributed by atoms with E-state index >= 15 is 0 Å². The zero-order valence-corrected chi connectivity index (χ0v) is 16.5. The number of likely N-dealkylation sites (tertiary alicyclic amines) is 1. The van der Waals surface area contributed by atoms with E-state index in [1.165, 1.54) is 12.1 Å². The van der Waals surface area contributed by atoms with Crippen molar-refractivity contribution in [3.8, 4) is 5.75 Å². The molecule has 2 aromatic carbocycles. The monoisotopic (exact) mass is 399 g/mol. The second-order valence-corrected chi connectivity index (χ2v) is 7.11. The van der Waals surface area contributed by atoms with Gasteiger partial charge >= 0.3 is 0 Å². The zero-order valence-electron chi connectivity index (χ0n) is 16.5. The summed E-state index contributed by atoms with van der Waals surface area (Å²) in [6.45, 7) is 1.16. The Morgan fingerprint density at radius 2 is 1.93 bits per heavy atom. The van der Waals surface area contributed by atoms with Crippen molar-refractivity contribution in [2.75, 3.05) is 31.6 Å². The first-order valence-corrected chi connectivity index (χ1v) is 9.71. The minimum Gasteiger partial charge on any atom is -0.495 e. The van der Waals surface area contributed by atoms with Gasteiger partial charge in [0.05, 0.1) is 19.3 Å². The summed E-state index contributed by atoms with van der Waals surface area (Å²) in [4.78, 5) is 28.2. The molecular formula is C22H26FN3O3. The summed E-state index contributed by atoms with van der Waals surface area (Å²) in [5.74, 6) is -0.321. The Morgan fingerprint density at radius 3 is 2.62 bits per heavy atom. The number of nitrogens with zero attached hydrogens (tertiary/aromatic N) is 2. The number of rotatable bonds is 8. The average molecular weight is 399 g/mol. The molecule has 154 valence electrons. The Morgan fingerprint density at radius 1 is 1.21 bits per heavy atom. The number of nitrogens with two attached hydrogens (primary N) is 1. The molecule has 2 aromatic rings. The first-order chi connectivity index (χ1) is 14.0. The first-order valence-electron chi connectivity index (χ1n) is 9.71. The first kappa shape index (κ1) is 20.8. The molecule has 1 atom stereocenters. The average Bonchev–Trinajstić information content (AvgIpc) is 3.17. The molecule has 1 heterocycles. The van der Waals surface area contributed by atoms with Gasteiger partial charge in [0, 0.05) is 19.0 Å². The topological polar surface area (TPSA) is 75.9 Å². The third-order valence-corrected chi connectivity index (χ3v) is 5.22. The molecule has 2 amide bonds. The zero-order chi connectivity index (χ0) is 20.8. The summed E-state index contributed by atoms with van der Waals surface area (Å²) in [7, 11) is 1.54. The number of carbonyl (C=O) groups is 2. The Hall–Kier alpha value is -2.93. The summed E-state index contributed by atoms with van der Waals surface area (Å²) >= 11 is 0. The molecule has 7 heteroatoms. The number of hydrogen-bond acceptors (Lipinski definition) is 4. The fourth-order valence-corrected chi connectivity index (χ4v) is 3.79. The molecule has 2 N–H and O–H groups in total. The van der Waals surface area contributed by atoms with E-state index in [2.05, 4.69) is 4.90 Å². The van der Waals surface area contributed by atoms with Crippen LogP contribution >= 0.6 is 0 Å². The highest BCUT2D eigenvalue weighted by Crippen LogP contribution is 2.33. The second-order valence-electron chi connectivity index (χ2n) is 7.11. The number of amides is 2. The molecule has 0 spiro atoms. The molecule has 0 aromatic heterocycles. The van der Waals surface area contributed by atoms with Crippen molar-refractivity contribution in [2.24, 2.45) is 5.73 Å². The number of ether oxygens (including phenoxy) is 1. The lowest BCUT2D eigenvalue weighted by Crippen LogP contribution is -2.41. The lowest BCUT2D eigenvalue weighted by atomic mass is 10.0. The van der Waals surface area contributed by atoms with E-state index < -0.39 is 5.91 Å². The number of anilines is 1. The van der Waals surface area contributed by atoms with E-state index in [9.17, 15) is 14.0 Å². The Labute approximate surface area is 170 Å². The van der Waals surface area contributed by atoms with Crippen LogP contribution in [0.4, 0.5) is 10.1 Å². The number of carbonyl (C=O) groups excluding carboxylic acids is 2. The standard InChI is InChI=1S/C22H26FN3O3/c1-29-20-7-3-2-5-19(20)26(14-12-21(24)27)22(28)15-25-13-4-6-18(25)16-8-10-17(23)11-9-16/h2-3,5,7-11,18H,4,6,12-15H2,1H3,(H2,24,27)/t18-/m0/s1. The van der Waals surface area contributed by atoms with E-state index in [0.717, 1.165) is 24.9 Å². The summed E-state index contributed by atoms with van der Waals surface area (Å²) in [6.07, 6.45) is 1.94. The minimum absolute atomic E-state index is 0.0607. The SMILES string of the molecule is COc1ccccc1N(CCC(N)=O)C(=O)CN1CCC[C@H]1c1ccc(F)cc1. The van der Waals surface area contributed by atoms with E-state index in [1.807, 2.05) is 12.1 Å². The third-order valence-electron chi connectivity index (χ3n) is 5.22. The van der Waals surface area contributed by atoms with E-state index in [-0.39, 0.29) is 37.3 Å². The van der Waals surface area contributed by atoms with Crippen molar-refractivity contribution >= 4 is 17.5 Å². The van der Waals surface area contributed by atoms with Gasteiger partial charge in [0.15, 0.2) is 0 Å². The van der Waals surface area contributed by atoms with Gasteiger partial charge in [-0.25, -0.2) is 4.39 Å². The second kappa shape index (κ2) is 9.52. The van der Waals surface area contributed by atoms with E-state index in [0.29, 0.717) is 11.4 Å². The number of benzene rings is 2. The van der Waals surface area contributed by atoms with Crippen LogP contribution in [0.25, 0.3) is 0 Å². The molecule has 0 unspecified atom stereocenters. The molecule has 1 fully saturated rings. The molecule has 29 heavy (non-hydrogen) atoms. The molecule has 1 aliphatic heterocycles. The van der Waals surface area contributed by atoms with Crippen molar-refractivity contribution in [3.63, 3.8) is 0 Å². The van der Waals surface area contributed by atoms with Crippen LogP contribution < -0.4 is 15.4 Å². The van der Waals surface area contributed by atoms with Crippen molar-refractivity contribution in [1.82, 2.24) is 4.90 Å². The molecule has 0 bridgehead atoms. The molecule has 1 aliphatic rings. The fraction of sp³-hybridized carbons (Fsp3) is 0.364. The summed E-state index contributed by atoms with van der Waals surface area (Å²) in [6, 6.07) is 13.7. The Kier molecular flexibility index (Phi) is 6.82. The van der Waals surface area contributed by atoms with Crippen LogP contribution in [0.2, 0.25) is 0 Å². The van der Waals surface area contributed by atoms with Crippen LogP contribution in [0, 0.1) is 5.82 Å². The van der Waals surface area contributed by atoms with Crippen LogP contribution in [0.5, 0.6) is 5.75 Å². The molecule has 1 saturated heterocycles. The van der Waals surface area contributed by atoms with Crippen molar-refractivity contribution < 1.29 is 18.7 Å². The minimum atomic E-state index is -0.469. The van der Waals surface area contributed by atoms with Crippen molar-refractivity contribution in [3.05, 3.63) is 59.9 Å². The number of para-hydroxylation sites is 2. The normalized spacial score (nSPS) is 16.6. The van der Waals surface area contributed by atoms with Crippen LogP contribution in [-0.4, -0.2) is 43.5 Å². The Balaban J connectivity index is 1.80. The molecule has 0 aliphatic carbocycles. The fourth-order valence-electron chi connectivity index (χ4n) is 3.79. The van der Waals surface area contributed by atoms with Crippen LogP contribution in [0.15, 0.2) is 48.5 Å². The van der Waals surface area contributed by atoms with Gasteiger partial charge in [-0.15, -0.1) is 0 Å². The molecule has 0 radical (unpaired) electrons. The quantitative estimate of drug-likeness (QED) is 0.741. The maximum absolute atomic E-state index is 13.3. The van der Waals surface area contributed by atoms with Gasteiger partial charge in [-0.1, -0.05) is 24.3 Å². The summed E-state index contributed by atoms with van der Waals surface area (Å²) in [5.41, 5.74) is 6.92. The van der Waals surface area contributed by atoms with Crippen LogP contribution in [-0.2, 0) is 9.59 Å². The van der Waals surface area contributed by atoms with Gasteiger partial charge in [0.25, 0.3) is 0 Å². The molecule has 3 rings (SSSR count). The van der Waals surface area contributed by atoms with Gasteiger partial charge < -0.3 is 15.4 Å². The number of primary amides is 1. The van der Waals surface area contributed by atoms with Gasteiger partial charge in [-0.05, 0) is 49.2 Å². The van der Waals surface area contributed by atoms with Gasteiger partial charge in [0.1, 0.15) is 11.6 Å². The Bertz CT molecular complexity index is 857. The van der Waals surface area contributed by atoms with Gasteiger partial charge in [0.2, 0.25) is 11.8 Å².